The summed E-state index contributed by atoms with van der Waals surface area (Å²) < 4.78 is 0. The first kappa shape index (κ1) is 22.2. The van der Waals surface area contributed by atoms with E-state index in [1.54, 1.807) is 70.6 Å². The molecule has 0 radical (unpaired) electrons. The Morgan fingerprint density at radius 2 is 1.24 bits per heavy atom. The minimum absolute atomic E-state index is 1.02. The van der Waals surface area contributed by atoms with Gasteiger partial charge in [0.15, 0.2) is 0 Å². The van der Waals surface area contributed by atoms with Gasteiger partial charge in [0, 0.05) is 0 Å². The molecule has 168 valence electrons. The van der Waals surface area contributed by atoms with Gasteiger partial charge in [-0.1, -0.05) is 104 Å². The van der Waals surface area contributed by atoms with Gasteiger partial charge in [0.25, 0.3) is 0 Å². The highest BCUT2D eigenvalue weighted by atomic mass is 14.4. The highest BCUT2D eigenvalue weighted by Gasteiger charge is 2.40. The van der Waals surface area contributed by atoms with E-state index in [4.69, 9.17) is 0 Å². The van der Waals surface area contributed by atoms with E-state index >= 15 is 0 Å². The standard InChI is InChI=1S/C29H52/c1-3-9-23-16-17-26(18-23)20-27(19-24-11-4-5-12-24)29(21-25-13-6-7-14-25)28-15-8-10-22(28)2/h22-29H,3-21H2,1-2H3. The molecule has 0 bridgehead atoms. The molecule has 6 atom stereocenters. The van der Waals surface area contributed by atoms with Crippen molar-refractivity contribution in [2.24, 2.45) is 47.3 Å². The van der Waals surface area contributed by atoms with E-state index in [-0.39, 0.29) is 0 Å². The van der Waals surface area contributed by atoms with Crippen LogP contribution in [0.15, 0.2) is 0 Å². The molecule has 0 heterocycles. The van der Waals surface area contributed by atoms with Crippen molar-refractivity contribution in [1.29, 1.82) is 0 Å². The summed E-state index contributed by atoms with van der Waals surface area (Å²) in [5.41, 5.74) is 0. The molecule has 0 N–H and O–H groups in total. The zero-order valence-corrected chi connectivity index (χ0v) is 20.1. The third kappa shape index (κ3) is 6.04. The van der Waals surface area contributed by atoms with Crippen LogP contribution in [-0.4, -0.2) is 0 Å². The van der Waals surface area contributed by atoms with Crippen LogP contribution in [0.2, 0.25) is 0 Å². The summed E-state index contributed by atoms with van der Waals surface area (Å²) in [5, 5.41) is 0. The Morgan fingerprint density at radius 3 is 1.86 bits per heavy atom. The largest absolute Gasteiger partial charge is 0.0654 e. The van der Waals surface area contributed by atoms with Crippen LogP contribution in [0.4, 0.5) is 0 Å². The number of hydrogen-bond acceptors (Lipinski definition) is 0. The van der Waals surface area contributed by atoms with Gasteiger partial charge < -0.3 is 0 Å². The van der Waals surface area contributed by atoms with E-state index in [9.17, 15) is 0 Å². The Hall–Kier alpha value is 0. The minimum Gasteiger partial charge on any atom is -0.0654 e. The van der Waals surface area contributed by atoms with E-state index in [0.29, 0.717) is 0 Å². The summed E-state index contributed by atoms with van der Waals surface area (Å²) >= 11 is 0. The lowest BCUT2D eigenvalue weighted by Crippen LogP contribution is -2.30. The molecular formula is C29H52. The molecule has 4 fully saturated rings. The van der Waals surface area contributed by atoms with Crippen LogP contribution in [0.25, 0.3) is 0 Å². The molecule has 0 aromatic carbocycles. The van der Waals surface area contributed by atoms with Crippen molar-refractivity contribution >= 4 is 0 Å². The van der Waals surface area contributed by atoms with Crippen molar-refractivity contribution in [3.8, 4) is 0 Å². The van der Waals surface area contributed by atoms with Gasteiger partial charge in [-0.05, 0) is 79.4 Å². The van der Waals surface area contributed by atoms with Crippen LogP contribution in [0.1, 0.15) is 136 Å². The number of rotatable bonds is 10. The Kier molecular flexibility index (Phi) is 8.45. The molecule has 29 heavy (non-hydrogen) atoms. The highest BCUT2D eigenvalue weighted by molar-refractivity contribution is 4.90. The zero-order chi connectivity index (χ0) is 20.1. The third-order valence-corrected chi connectivity index (χ3v) is 10.3. The monoisotopic (exact) mass is 400 g/mol. The summed E-state index contributed by atoms with van der Waals surface area (Å²) in [5.74, 6) is 8.61. The van der Waals surface area contributed by atoms with Gasteiger partial charge in [-0.2, -0.15) is 0 Å². The predicted octanol–water partition coefficient (Wildman–Crippen LogP) is 9.42. The Morgan fingerprint density at radius 1 is 0.621 bits per heavy atom. The lowest BCUT2D eigenvalue weighted by molar-refractivity contribution is 0.113. The van der Waals surface area contributed by atoms with Crippen LogP contribution in [0, 0.1) is 47.3 Å². The summed E-state index contributed by atoms with van der Waals surface area (Å²) in [4.78, 5) is 0. The van der Waals surface area contributed by atoms with Gasteiger partial charge in [0.05, 0.1) is 0 Å². The molecule has 0 amide bonds. The summed E-state index contributed by atoms with van der Waals surface area (Å²) in [7, 11) is 0. The van der Waals surface area contributed by atoms with E-state index < -0.39 is 0 Å². The second kappa shape index (κ2) is 11.0. The van der Waals surface area contributed by atoms with Gasteiger partial charge in [0.1, 0.15) is 0 Å². The van der Waals surface area contributed by atoms with Crippen molar-refractivity contribution < 1.29 is 0 Å². The maximum absolute atomic E-state index is 2.62. The van der Waals surface area contributed by atoms with Crippen LogP contribution in [-0.2, 0) is 0 Å². The SMILES string of the molecule is CCCC1CCC(CC(CC2CCCC2)C(CC2CCCC2)C2CCCC2C)C1. The van der Waals surface area contributed by atoms with Crippen LogP contribution < -0.4 is 0 Å². The van der Waals surface area contributed by atoms with E-state index in [1.807, 2.05) is 0 Å². The molecule has 0 nitrogen and oxygen atoms in total. The van der Waals surface area contributed by atoms with Crippen molar-refractivity contribution in [3.63, 3.8) is 0 Å². The molecule has 6 unspecified atom stereocenters. The molecule has 4 saturated carbocycles. The van der Waals surface area contributed by atoms with Crippen LogP contribution >= 0.6 is 0 Å². The maximum Gasteiger partial charge on any atom is -0.0352 e. The summed E-state index contributed by atoms with van der Waals surface area (Å²) in [6.07, 6.45) is 29.5. The molecule has 0 aromatic rings. The molecule has 0 saturated heterocycles. The van der Waals surface area contributed by atoms with Crippen LogP contribution in [0.3, 0.4) is 0 Å². The first-order valence-electron chi connectivity index (χ1n) is 14.2. The fourth-order valence-electron chi connectivity index (χ4n) is 8.77. The van der Waals surface area contributed by atoms with Crippen LogP contribution in [0.5, 0.6) is 0 Å². The first-order valence-corrected chi connectivity index (χ1v) is 14.2. The van der Waals surface area contributed by atoms with E-state index in [0.717, 1.165) is 47.3 Å². The maximum atomic E-state index is 2.62. The molecule has 4 rings (SSSR count). The van der Waals surface area contributed by atoms with Gasteiger partial charge in [-0.25, -0.2) is 0 Å². The predicted molar refractivity (Wildman–Crippen MR) is 127 cm³/mol. The summed E-state index contributed by atoms with van der Waals surface area (Å²) in [6.45, 7) is 5.02. The molecule has 0 aromatic heterocycles. The van der Waals surface area contributed by atoms with Crippen molar-refractivity contribution in [2.45, 2.75) is 136 Å². The minimum atomic E-state index is 1.02. The first-order chi connectivity index (χ1) is 14.2. The van der Waals surface area contributed by atoms with E-state index in [1.165, 1.54) is 51.4 Å². The van der Waals surface area contributed by atoms with Gasteiger partial charge in [-0.15, -0.1) is 0 Å². The Labute approximate surface area is 183 Å². The fourth-order valence-corrected chi connectivity index (χ4v) is 8.77. The highest BCUT2D eigenvalue weighted by Crippen LogP contribution is 2.50. The second-order valence-corrected chi connectivity index (χ2v) is 12.3. The quantitative estimate of drug-likeness (QED) is 0.342. The molecule has 4 aliphatic rings. The average molecular weight is 401 g/mol. The lowest BCUT2D eigenvalue weighted by atomic mass is 9.67. The van der Waals surface area contributed by atoms with Crippen molar-refractivity contribution in [3.05, 3.63) is 0 Å². The summed E-state index contributed by atoms with van der Waals surface area (Å²) in [6, 6.07) is 0. The lowest BCUT2D eigenvalue weighted by Gasteiger charge is -2.38. The third-order valence-electron chi connectivity index (χ3n) is 10.3. The second-order valence-electron chi connectivity index (χ2n) is 12.3. The molecule has 4 aliphatic carbocycles. The zero-order valence-electron chi connectivity index (χ0n) is 20.1. The Balaban J connectivity index is 1.46. The molecular weight excluding hydrogens is 348 g/mol. The molecule has 0 spiro atoms. The Bertz CT molecular complexity index is 455. The van der Waals surface area contributed by atoms with Crippen molar-refractivity contribution in [2.75, 3.05) is 0 Å². The molecule has 0 heteroatoms. The fraction of sp³-hybridized carbons (Fsp3) is 1.00. The topological polar surface area (TPSA) is 0 Å². The number of hydrogen-bond donors (Lipinski definition) is 0. The van der Waals surface area contributed by atoms with Crippen molar-refractivity contribution in [1.82, 2.24) is 0 Å². The average Bonchev–Trinajstić information content (AvgIpc) is 3.49. The smallest absolute Gasteiger partial charge is 0.0352 e. The van der Waals surface area contributed by atoms with Gasteiger partial charge >= 0.3 is 0 Å². The van der Waals surface area contributed by atoms with E-state index in [2.05, 4.69) is 13.8 Å². The normalized spacial score (nSPS) is 36.2. The van der Waals surface area contributed by atoms with Gasteiger partial charge in [-0.3, -0.25) is 0 Å². The van der Waals surface area contributed by atoms with Gasteiger partial charge in [0.2, 0.25) is 0 Å². The molecule has 0 aliphatic heterocycles.